The van der Waals surface area contributed by atoms with E-state index < -0.39 is 0 Å². The third kappa shape index (κ3) is 5.04. The standard InChI is InChI=1S/C22H31N5O2S/c1-18-5-7-19(8-6-18)27-17-24-25-21(27)30-15-20(28)23-16-22(9-3-2-4-10-22)26-11-13-29-14-12-26/h5-8,17H,2-4,9-16H2,1H3,(H,23,28). The van der Waals surface area contributed by atoms with Crippen molar-refractivity contribution in [3.8, 4) is 5.69 Å². The number of aromatic nitrogens is 3. The maximum atomic E-state index is 12.7. The number of rotatable bonds is 7. The predicted octanol–water partition coefficient (Wildman–Crippen LogP) is 2.82. The third-order valence-electron chi connectivity index (χ3n) is 6.24. The largest absolute Gasteiger partial charge is 0.379 e. The van der Waals surface area contributed by atoms with Crippen molar-refractivity contribution in [2.45, 2.75) is 49.7 Å². The smallest absolute Gasteiger partial charge is 0.230 e. The molecule has 1 saturated carbocycles. The van der Waals surface area contributed by atoms with Crippen LogP contribution in [0, 0.1) is 6.92 Å². The highest BCUT2D eigenvalue weighted by Crippen LogP contribution is 2.34. The first-order chi connectivity index (χ1) is 14.7. The van der Waals surface area contributed by atoms with Crippen LogP contribution in [0.4, 0.5) is 0 Å². The molecule has 2 fully saturated rings. The molecule has 2 aliphatic rings. The van der Waals surface area contributed by atoms with Gasteiger partial charge in [0.2, 0.25) is 5.91 Å². The Morgan fingerprint density at radius 1 is 1.17 bits per heavy atom. The Labute approximate surface area is 182 Å². The van der Waals surface area contributed by atoms with E-state index in [0.29, 0.717) is 5.75 Å². The Hall–Kier alpha value is -1.90. The van der Waals surface area contributed by atoms with E-state index in [2.05, 4.69) is 39.5 Å². The number of benzene rings is 1. The van der Waals surface area contributed by atoms with Gasteiger partial charge in [0.15, 0.2) is 5.16 Å². The van der Waals surface area contributed by atoms with Gasteiger partial charge in [0.1, 0.15) is 6.33 Å². The molecule has 2 heterocycles. The summed E-state index contributed by atoms with van der Waals surface area (Å²) in [5.74, 6) is 0.390. The Balaban J connectivity index is 1.33. The van der Waals surface area contributed by atoms with Crippen molar-refractivity contribution in [3.05, 3.63) is 36.2 Å². The van der Waals surface area contributed by atoms with Gasteiger partial charge in [0, 0.05) is 30.9 Å². The molecule has 1 aromatic carbocycles. The van der Waals surface area contributed by atoms with Crippen molar-refractivity contribution in [2.75, 3.05) is 38.6 Å². The van der Waals surface area contributed by atoms with Crippen LogP contribution in [-0.2, 0) is 9.53 Å². The molecular formula is C22H31N5O2S. The van der Waals surface area contributed by atoms with Gasteiger partial charge < -0.3 is 10.1 Å². The number of carbonyl (C=O) groups is 1. The number of hydrogen-bond acceptors (Lipinski definition) is 6. The van der Waals surface area contributed by atoms with E-state index in [1.807, 2.05) is 16.7 Å². The molecule has 1 aliphatic heterocycles. The fourth-order valence-corrected chi connectivity index (χ4v) is 5.26. The Bertz CT molecular complexity index is 826. The summed E-state index contributed by atoms with van der Waals surface area (Å²) >= 11 is 1.43. The second kappa shape index (κ2) is 9.94. The first-order valence-corrected chi connectivity index (χ1v) is 11.8. The molecule has 0 unspecified atom stereocenters. The topological polar surface area (TPSA) is 72.3 Å². The van der Waals surface area contributed by atoms with Gasteiger partial charge in [-0.1, -0.05) is 48.7 Å². The number of aryl methyl sites for hydroxylation is 1. The Morgan fingerprint density at radius 3 is 2.63 bits per heavy atom. The van der Waals surface area contributed by atoms with Crippen LogP contribution in [0.1, 0.15) is 37.7 Å². The predicted molar refractivity (Wildman–Crippen MR) is 118 cm³/mol. The highest BCUT2D eigenvalue weighted by atomic mass is 32.2. The van der Waals surface area contributed by atoms with Crippen LogP contribution in [0.2, 0.25) is 0 Å². The number of carbonyl (C=O) groups excluding carboxylic acids is 1. The molecule has 30 heavy (non-hydrogen) atoms. The molecular weight excluding hydrogens is 398 g/mol. The first-order valence-electron chi connectivity index (χ1n) is 10.9. The lowest BCUT2D eigenvalue weighted by Gasteiger charge is -2.48. The van der Waals surface area contributed by atoms with Crippen LogP contribution in [-0.4, -0.2) is 69.7 Å². The molecule has 1 aromatic heterocycles. The average Bonchev–Trinajstić information content (AvgIpc) is 3.27. The van der Waals surface area contributed by atoms with E-state index in [0.717, 1.165) is 56.5 Å². The minimum atomic E-state index is 0.0525. The van der Waals surface area contributed by atoms with Crippen LogP contribution in [0.3, 0.4) is 0 Å². The van der Waals surface area contributed by atoms with Gasteiger partial charge in [0.25, 0.3) is 0 Å². The minimum absolute atomic E-state index is 0.0525. The molecule has 0 atom stereocenters. The van der Waals surface area contributed by atoms with Gasteiger partial charge in [-0.2, -0.15) is 0 Å². The van der Waals surface area contributed by atoms with Crippen molar-refractivity contribution < 1.29 is 9.53 Å². The number of ether oxygens (including phenoxy) is 1. The van der Waals surface area contributed by atoms with E-state index in [-0.39, 0.29) is 11.4 Å². The SMILES string of the molecule is Cc1ccc(-n2cnnc2SCC(=O)NCC2(N3CCOCC3)CCCCC2)cc1. The van der Waals surface area contributed by atoms with Crippen molar-refractivity contribution in [2.24, 2.45) is 0 Å². The fourth-order valence-electron chi connectivity index (χ4n) is 4.50. The van der Waals surface area contributed by atoms with Gasteiger partial charge in [-0.3, -0.25) is 14.3 Å². The van der Waals surface area contributed by atoms with Gasteiger partial charge in [-0.05, 0) is 31.9 Å². The van der Waals surface area contributed by atoms with E-state index >= 15 is 0 Å². The highest BCUT2D eigenvalue weighted by Gasteiger charge is 2.38. The van der Waals surface area contributed by atoms with Crippen molar-refractivity contribution in [1.29, 1.82) is 0 Å². The highest BCUT2D eigenvalue weighted by molar-refractivity contribution is 7.99. The zero-order valence-corrected chi connectivity index (χ0v) is 18.5. The lowest BCUT2D eigenvalue weighted by molar-refractivity contribution is -0.119. The number of morpholine rings is 1. The summed E-state index contributed by atoms with van der Waals surface area (Å²) in [6, 6.07) is 8.20. The molecule has 1 N–H and O–H groups in total. The molecule has 1 saturated heterocycles. The summed E-state index contributed by atoms with van der Waals surface area (Å²) in [6.07, 6.45) is 7.78. The Morgan fingerprint density at radius 2 is 1.90 bits per heavy atom. The molecule has 7 nitrogen and oxygen atoms in total. The molecule has 0 spiro atoms. The molecule has 2 aromatic rings. The number of nitrogens with one attached hydrogen (secondary N) is 1. The molecule has 0 radical (unpaired) electrons. The first kappa shape index (κ1) is 21.3. The quantitative estimate of drug-likeness (QED) is 0.683. The van der Waals surface area contributed by atoms with Crippen molar-refractivity contribution >= 4 is 17.7 Å². The van der Waals surface area contributed by atoms with Crippen LogP contribution in [0.15, 0.2) is 35.7 Å². The van der Waals surface area contributed by atoms with Crippen LogP contribution in [0.5, 0.6) is 0 Å². The van der Waals surface area contributed by atoms with Crippen molar-refractivity contribution in [1.82, 2.24) is 25.0 Å². The summed E-state index contributed by atoms with van der Waals surface area (Å²) < 4.78 is 7.47. The minimum Gasteiger partial charge on any atom is -0.379 e. The fraction of sp³-hybridized carbons (Fsp3) is 0.591. The zero-order valence-electron chi connectivity index (χ0n) is 17.7. The normalized spacial score (nSPS) is 19.5. The van der Waals surface area contributed by atoms with Gasteiger partial charge in [-0.25, -0.2) is 0 Å². The van der Waals surface area contributed by atoms with Gasteiger partial charge in [-0.15, -0.1) is 10.2 Å². The summed E-state index contributed by atoms with van der Waals surface area (Å²) in [4.78, 5) is 15.2. The van der Waals surface area contributed by atoms with Crippen LogP contribution < -0.4 is 5.32 Å². The van der Waals surface area contributed by atoms with Crippen LogP contribution >= 0.6 is 11.8 Å². The molecule has 1 aliphatic carbocycles. The van der Waals surface area contributed by atoms with E-state index in [1.165, 1.54) is 36.6 Å². The van der Waals surface area contributed by atoms with E-state index in [1.54, 1.807) is 6.33 Å². The molecule has 4 rings (SSSR count). The van der Waals surface area contributed by atoms with E-state index in [9.17, 15) is 4.79 Å². The zero-order chi connectivity index (χ0) is 20.8. The maximum absolute atomic E-state index is 12.7. The molecule has 162 valence electrons. The second-order valence-electron chi connectivity index (χ2n) is 8.27. The van der Waals surface area contributed by atoms with Crippen molar-refractivity contribution in [3.63, 3.8) is 0 Å². The number of hydrogen-bond donors (Lipinski definition) is 1. The number of thioether (sulfide) groups is 1. The lowest BCUT2D eigenvalue weighted by atomic mass is 9.79. The molecule has 8 heteroatoms. The monoisotopic (exact) mass is 429 g/mol. The summed E-state index contributed by atoms with van der Waals surface area (Å²) in [7, 11) is 0. The maximum Gasteiger partial charge on any atom is 0.230 e. The Kier molecular flexibility index (Phi) is 7.07. The average molecular weight is 430 g/mol. The molecule has 0 bridgehead atoms. The number of amides is 1. The number of nitrogens with zero attached hydrogens (tertiary/aromatic N) is 4. The van der Waals surface area contributed by atoms with Gasteiger partial charge >= 0.3 is 0 Å². The summed E-state index contributed by atoms with van der Waals surface area (Å²) in [5.41, 5.74) is 2.30. The van der Waals surface area contributed by atoms with Gasteiger partial charge in [0.05, 0.1) is 19.0 Å². The molecule has 1 amide bonds. The van der Waals surface area contributed by atoms with E-state index in [4.69, 9.17) is 4.74 Å². The van der Waals surface area contributed by atoms with Crippen LogP contribution in [0.25, 0.3) is 5.69 Å². The second-order valence-corrected chi connectivity index (χ2v) is 9.21. The lowest BCUT2D eigenvalue weighted by Crippen LogP contribution is -2.59. The summed E-state index contributed by atoms with van der Waals surface area (Å²) in [5, 5.41) is 12.2. The summed E-state index contributed by atoms with van der Waals surface area (Å²) in [6.45, 7) is 6.29. The third-order valence-corrected chi connectivity index (χ3v) is 7.18.